The van der Waals surface area contributed by atoms with Crippen LogP contribution in [0, 0.1) is 11.8 Å². The van der Waals surface area contributed by atoms with Gasteiger partial charge in [-0.2, -0.15) is 4.31 Å². The first-order valence-corrected chi connectivity index (χ1v) is 12.6. The van der Waals surface area contributed by atoms with E-state index in [4.69, 9.17) is 4.74 Å². The fourth-order valence-corrected chi connectivity index (χ4v) is 5.72. The van der Waals surface area contributed by atoms with Gasteiger partial charge in [0, 0.05) is 18.8 Å². The molecule has 9 heteroatoms. The summed E-state index contributed by atoms with van der Waals surface area (Å²) in [6, 6.07) is 11.8. The Hall–Kier alpha value is -2.10. The normalized spacial score (nSPS) is 12.5. The highest BCUT2D eigenvalue weighted by Gasteiger charge is 2.26. The zero-order valence-electron chi connectivity index (χ0n) is 18.0. The minimum Gasteiger partial charge on any atom is -0.497 e. The third-order valence-corrected chi connectivity index (χ3v) is 7.49. The maximum absolute atomic E-state index is 13.1. The highest BCUT2D eigenvalue weighted by atomic mass is 32.2. The van der Waals surface area contributed by atoms with E-state index in [0.29, 0.717) is 18.8 Å². The Morgan fingerprint density at radius 3 is 1.70 bits per heavy atom. The molecule has 2 aromatic carbocycles. The van der Waals surface area contributed by atoms with Crippen LogP contribution < -0.4 is 9.46 Å². The first kappa shape index (κ1) is 24.2. The summed E-state index contributed by atoms with van der Waals surface area (Å²) in [4.78, 5) is 0.219. The minimum absolute atomic E-state index is 0.0834. The number of sulfonamides is 2. The molecular formula is C21H30N2O5S2. The Labute approximate surface area is 180 Å². The standard InChI is InChI=1S/C21H30N2O5S2/c1-16(2)14-23(15-17(3)4)30(26,27)21-10-6-18(7-11-21)22-29(24,25)20-12-8-19(28-5)9-13-20/h6-13,16-17,22H,14-15H2,1-5H3. The molecule has 2 rings (SSSR count). The van der Waals surface area contributed by atoms with Crippen molar-refractivity contribution in [3.63, 3.8) is 0 Å². The van der Waals surface area contributed by atoms with E-state index in [1.165, 1.54) is 47.8 Å². The second-order valence-corrected chi connectivity index (χ2v) is 11.5. The van der Waals surface area contributed by atoms with Crippen molar-refractivity contribution >= 4 is 25.7 Å². The predicted octanol–water partition coefficient (Wildman–Crippen LogP) is 3.80. The second kappa shape index (κ2) is 9.80. The number of ether oxygens (including phenoxy) is 1. The summed E-state index contributed by atoms with van der Waals surface area (Å²) in [7, 11) is -5.97. The molecule has 0 aliphatic rings. The molecule has 0 heterocycles. The fourth-order valence-electron chi connectivity index (χ4n) is 2.90. The van der Waals surface area contributed by atoms with Gasteiger partial charge in [0.25, 0.3) is 10.0 Å². The molecule has 0 bridgehead atoms. The Bertz CT molecular complexity index is 1020. The fraction of sp³-hybridized carbons (Fsp3) is 0.429. The van der Waals surface area contributed by atoms with Gasteiger partial charge in [-0.1, -0.05) is 27.7 Å². The van der Waals surface area contributed by atoms with Crippen molar-refractivity contribution in [3.8, 4) is 5.75 Å². The molecule has 2 aromatic rings. The molecule has 0 aliphatic carbocycles. The molecule has 0 unspecified atom stereocenters. The van der Waals surface area contributed by atoms with Crippen LogP contribution in [0.25, 0.3) is 0 Å². The Morgan fingerprint density at radius 2 is 1.27 bits per heavy atom. The molecule has 0 saturated heterocycles. The number of hydrogen-bond donors (Lipinski definition) is 1. The first-order chi connectivity index (χ1) is 14.0. The van der Waals surface area contributed by atoms with Crippen molar-refractivity contribution in [2.75, 3.05) is 24.9 Å². The molecule has 0 atom stereocenters. The predicted molar refractivity (Wildman–Crippen MR) is 119 cm³/mol. The molecule has 0 fully saturated rings. The van der Waals surface area contributed by atoms with Gasteiger partial charge in [-0.25, -0.2) is 16.8 Å². The summed E-state index contributed by atoms with van der Waals surface area (Å²) in [6.07, 6.45) is 0. The van der Waals surface area contributed by atoms with E-state index in [2.05, 4.69) is 4.72 Å². The molecule has 166 valence electrons. The molecule has 0 aliphatic heterocycles. The summed E-state index contributed by atoms with van der Waals surface area (Å²) >= 11 is 0. The van der Waals surface area contributed by atoms with Gasteiger partial charge in [-0.05, 0) is 60.4 Å². The minimum atomic E-state index is -3.80. The topological polar surface area (TPSA) is 92.8 Å². The maximum Gasteiger partial charge on any atom is 0.261 e. The van der Waals surface area contributed by atoms with Crippen LogP contribution in [-0.4, -0.2) is 41.3 Å². The number of hydrogen-bond acceptors (Lipinski definition) is 5. The van der Waals surface area contributed by atoms with Crippen LogP contribution in [0.15, 0.2) is 58.3 Å². The summed E-state index contributed by atoms with van der Waals surface area (Å²) in [5, 5.41) is 0. The number of nitrogens with one attached hydrogen (secondary N) is 1. The van der Waals surface area contributed by atoms with Crippen LogP contribution in [0.3, 0.4) is 0 Å². The van der Waals surface area contributed by atoms with E-state index in [-0.39, 0.29) is 27.3 Å². The smallest absolute Gasteiger partial charge is 0.261 e. The first-order valence-electron chi connectivity index (χ1n) is 9.73. The lowest BCUT2D eigenvalue weighted by Gasteiger charge is -2.25. The quantitative estimate of drug-likeness (QED) is 0.589. The van der Waals surface area contributed by atoms with Crippen molar-refractivity contribution in [1.29, 1.82) is 0 Å². The Kier molecular flexibility index (Phi) is 7.90. The molecule has 7 nitrogen and oxygen atoms in total. The van der Waals surface area contributed by atoms with Gasteiger partial charge in [0.2, 0.25) is 10.0 Å². The number of benzene rings is 2. The third-order valence-electron chi connectivity index (χ3n) is 4.25. The lowest BCUT2D eigenvalue weighted by molar-refractivity contribution is 0.333. The van der Waals surface area contributed by atoms with Crippen molar-refractivity contribution in [2.24, 2.45) is 11.8 Å². The van der Waals surface area contributed by atoms with Crippen LogP contribution >= 0.6 is 0 Å². The summed E-state index contributed by atoms with van der Waals surface area (Å²) < 4.78 is 60.2. The third kappa shape index (κ3) is 6.20. The Balaban J connectivity index is 2.23. The van der Waals surface area contributed by atoms with Crippen LogP contribution in [0.4, 0.5) is 5.69 Å². The SMILES string of the molecule is COc1ccc(S(=O)(=O)Nc2ccc(S(=O)(=O)N(CC(C)C)CC(C)C)cc2)cc1. The van der Waals surface area contributed by atoms with Crippen LogP contribution in [-0.2, 0) is 20.0 Å². The van der Waals surface area contributed by atoms with Gasteiger partial charge < -0.3 is 4.74 Å². The van der Waals surface area contributed by atoms with Gasteiger partial charge in [-0.15, -0.1) is 0 Å². The van der Waals surface area contributed by atoms with E-state index in [0.717, 1.165) is 0 Å². The van der Waals surface area contributed by atoms with Gasteiger partial charge in [0.15, 0.2) is 0 Å². The molecule has 0 amide bonds. The molecule has 0 saturated carbocycles. The van der Waals surface area contributed by atoms with E-state index in [1.807, 2.05) is 27.7 Å². The highest BCUT2D eigenvalue weighted by Crippen LogP contribution is 2.23. The van der Waals surface area contributed by atoms with E-state index in [9.17, 15) is 16.8 Å². The monoisotopic (exact) mass is 454 g/mol. The molecular weight excluding hydrogens is 424 g/mol. The molecule has 0 spiro atoms. The summed E-state index contributed by atoms with van der Waals surface area (Å²) in [5.41, 5.74) is 0.282. The molecule has 1 N–H and O–H groups in total. The van der Waals surface area contributed by atoms with Gasteiger partial charge in [0.05, 0.1) is 16.9 Å². The number of rotatable bonds is 10. The lowest BCUT2D eigenvalue weighted by Crippen LogP contribution is -2.37. The van der Waals surface area contributed by atoms with Crippen molar-refractivity contribution < 1.29 is 21.6 Å². The number of nitrogens with zero attached hydrogens (tertiary/aromatic N) is 1. The molecule has 0 aromatic heterocycles. The van der Waals surface area contributed by atoms with Gasteiger partial charge in [-0.3, -0.25) is 4.72 Å². The summed E-state index contributed by atoms with van der Waals surface area (Å²) in [5.74, 6) is 0.930. The van der Waals surface area contributed by atoms with Crippen LogP contribution in [0.5, 0.6) is 5.75 Å². The number of anilines is 1. The van der Waals surface area contributed by atoms with E-state index in [1.54, 1.807) is 12.1 Å². The zero-order valence-corrected chi connectivity index (χ0v) is 19.6. The average Bonchev–Trinajstić information content (AvgIpc) is 2.67. The van der Waals surface area contributed by atoms with Gasteiger partial charge in [0.1, 0.15) is 5.75 Å². The second-order valence-electron chi connectivity index (χ2n) is 7.92. The van der Waals surface area contributed by atoms with Crippen molar-refractivity contribution in [2.45, 2.75) is 37.5 Å². The van der Waals surface area contributed by atoms with Crippen LogP contribution in [0.2, 0.25) is 0 Å². The van der Waals surface area contributed by atoms with E-state index < -0.39 is 20.0 Å². The zero-order chi connectivity index (χ0) is 22.5. The maximum atomic E-state index is 13.1. The van der Waals surface area contributed by atoms with Gasteiger partial charge >= 0.3 is 0 Å². The Morgan fingerprint density at radius 1 is 0.800 bits per heavy atom. The molecule has 30 heavy (non-hydrogen) atoms. The highest BCUT2D eigenvalue weighted by molar-refractivity contribution is 7.92. The van der Waals surface area contributed by atoms with Crippen molar-refractivity contribution in [3.05, 3.63) is 48.5 Å². The average molecular weight is 455 g/mol. The molecule has 0 radical (unpaired) electrons. The van der Waals surface area contributed by atoms with Crippen molar-refractivity contribution in [1.82, 2.24) is 4.31 Å². The largest absolute Gasteiger partial charge is 0.497 e. The van der Waals surface area contributed by atoms with Crippen LogP contribution in [0.1, 0.15) is 27.7 Å². The van der Waals surface area contributed by atoms with E-state index >= 15 is 0 Å². The number of methoxy groups -OCH3 is 1. The lowest BCUT2D eigenvalue weighted by atomic mass is 10.2. The summed E-state index contributed by atoms with van der Waals surface area (Å²) in [6.45, 7) is 8.73.